The Kier molecular flexibility index (Phi) is 3.24. The van der Waals surface area contributed by atoms with Gasteiger partial charge in [-0.25, -0.2) is 13.2 Å². The Balaban J connectivity index is 2.05. The van der Waals surface area contributed by atoms with E-state index in [4.69, 9.17) is 0 Å². The standard InChI is InChI=1S/C15H8F3NO4/c16-8-2-3-9(17)12(18)7(8)5-19-14(22)6-1-4-10(20)13(21)11(6)15(19)23/h1-4,20-21H,5H2. The summed E-state index contributed by atoms with van der Waals surface area (Å²) in [7, 11) is 0. The van der Waals surface area contributed by atoms with Crippen LogP contribution in [0.4, 0.5) is 13.2 Å². The van der Waals surface area contributed by atoms with E-state index in [1.807, 2.05) is 0 Å². The summed E-state index contributed by atoms with van der Waals surface area (Å²) in [5, 5.41) is 19.1. The number of halogens is 3. The molecular formula is C15H8F3NO4. The van der Waals surface area contributed by atoms with Crippen LogP contribution in [0.25, 0.3) is 0 Å². The van der Waals surface area contributed by atoms with Gasteiger partial charge in [-0.2, -0.15) is 0 Å². The molecule has 0 unspecified atom stereocenters. The number of carbonyl (C=O) groups excluding carboxylic acids is 2. The van der Waals surface area contributed by atoms with Crippen molar-refractivity contribution in [1.82, 2.24) is 4.90 Å². The monoisotopic (exact) mass is 323 g/mol. The van der Waals surface area contributed by atoms with Crippen LogP contribution in [0, 0.1) is 17.5 Å². The van der Waals surface area contributed by atoms with Crippen LogP contribution in [-0.4, -0.2) is 26.9 Å². The Hall–Kier alpha value is -3.03. The van der Waals surface area contributed by atoms with Gasteiger partial charge in [-0.05, 0) is 24.3 Å². The Morgan fingerprint density at radius 2 is 1.57 bits per heavy atom. The summed E-state index contributed by atoms with van der Waals surface area (Å²) in [5.41, 5.74) is -1.47. The zero-order valence-corrected chi connectivity index (χ0v) is 11.3. The highest BCUT2D eigenvalue weighted by Gasteiger charge is 2.39. The second kappa shape index (κ2) is 5.01. The Bertz CT molecular complexity index is 866. The number of fused-ring (bicyclic) bond motifs is 1. The second-order valence-corrected chi connectivity index (χ2v) is 4.87. The van der Waals surface area contributed by atoms with E-state index in [2.05, 4.69) is 0 Å². The second-order valence-electron chi connectivity index (χ2n) is 4.87. The minimum Gasteiger partial charge on any atom is -0.504 e. The lowest BCUT2D eigenvalue weighted by atomic mass is 10.1. The smallest absolute Gasteiger partial charge is 0.265 e. The Morgan fingerprint density at radius 3 is 2.26 bits per heavy atom. The summed E-state index contributed by atoms with van der Waals surface area (Å²) in [6.07, 6.45) is 0. The van der Waals surface area contributed by atoms with Gasteiger partial charge in [-0.1, -0.05) is 0 Å². The van der Waals surface area contributed by atoms with Gasteiger partial charge in [0.05, 0.1) is 17.7 Å². The maximum absolute atomic E-state index is 13.7. The lowest BCUT2D eigenvalue weighted by Crippen LogP contribution is -2.30. The largest absolute Gasteiger partial charge is 0.504 e. The maximum atomic E-state index is 13.7. The molecule has 1 aliphatic heterocycles. The van der Waals surface area contributed by atoms with Crippen LogP contribution in [0.5, 0.6) is 11.5 Å². The lowest BCUT2D eigenvalue weighted by molar-refractivity contribution is 0.0638. The first-order chi connectivity index (χ1) is 10.8. The molecule has 118 valence electrons. The molecule has 23 heavy (non-hydrogen) atoms. The van der Waals surface area contributed by atoms with Gasteiger partial charge in [-0.3, -0.25) is 14.5 Å². The van der Waals surface area contributed by atoms with Gasteiger partial charge in [0.25, 0.3) is 11.8 Å². The average Bonchev–Trinajstić information content (AvgIpc) is 2.75. The van der Waals surface area contributed by atoms with Crippen molar-refractivity contribution in [3.8, 4) is 11.5 Å². The fourth-order valence-corrected chi connectivity index (χ4v) is 2.36. The summed E-state index contributed by atoms with van der Waals surface area (Å²) in [5.74, 6) is -7.32. The van der Waals surface area contributed by atoms with Crippen LogP contribution < -0.4 is 0 Å². The van der Waals surface area contributed by atoms with E-state index in [1.54, 1.807) is 0 Å². The van der Waals surface area contributed by atoms with E-state index in [9.17, 15) is 33.0 Å². The number of imide groups is 1. The van der Waals surface area contributed by atoms with E-state index in [-0.39, 0.29) is 5.56 Å². The summed E-state index contributed by atoms with van der Waals surface area (Å²) in [6.45, 7) is -0.845. The summed E-state index contributed by atoms with van der Waals surface area (Å²) in [6, 6.07) is 3.37. The molecule has 5 nitrogen and oxygen atoms in total. The molecule has 0 spiro atoms. The van der Waals surface area contributed by atoms with Crippen molar-refractivity contribution in [3.05, 3.63) is 58.4 Å². The number of hydrogen-bond donors (Lipinski definition) is 2. The van der Waals surface area contributed by atoms with Gasteiger partial charge in [0.2, 0.25) is 0 Å². The highest BCUT2D eigenvalue weighted by Crippen LogP contribution is 2.37. The molecule has 3 rings (SSSR count). The van der Waals surface area contributed by atoms with Gasteiger partial charge in [-0.15, -0.1) is 0 Å². The SMILES string of the molecule is O=C1c2ccc(O)c(O)c2C(=O)N1Cc1c(F)ccc(F)c1F. The van der Waals surface area contributed by atoms with Crippen molar-refractivity contribution >= 4 is 11.8 Å². The van der Waals surface area contributed by atoms with Crippen molar-refractivity contribution in [2.24, 2.45) is 0 Å². The third-order valence-electron chi connectivity index (χ3n) is 3.55. The van der Waals surface area contributed by atoms with Gasteiger partial charge in [0, 0.05) is 5.56 Å². The van der Waals surface area contributed by atoms with Gasteiger partial charge < -0.3 is 10.2 Å². The van der Waals surface area contributed by atoms with Crippen LogP contribution in [-0.2, 0) is 6.54 Å². The molecule has 1 heterocycles. The number of nitrogens with zero attached hydrogens (tertiary/aromatic N) is 1. The number of benzene rings is 2. The number of phenolic OH excluding ortho intramolecular Hbond substituents is 2. The number of rotatable bonds is 2. The molecule has 2 amide bonds. The third kappa shape index (κ3) is 2.10. The molecule has 0 saturated carbocycles. The minimum atomic E-state index is -1.51. The Morgan fingerprint density at radius 1 is 0.913 bits per heavy atom. The van der Waals surface area contributed by atoms with Gasteiger partial charge in [0.1, 0.15) is 5.82 Å². The molecule has 2 aromatic carbocycles. The van der Waals surface area contributed by atoms with Gasteiger partial charge >= 0.3 is 0 Å². The van der Waals surface area contributed by atoms with Crippen molar-refractivity contribution < 1.29 is 33.0 Å². The first-order valence-electron chi connectivity index (χ1n) is 6.36. The van der Waals surface area contributed by atoms with E-state index in [1.165, 1.54) is 0 Å². The molecule has 1 aliphatic rings. The number of phenols is 2. The summed E-state index contributed by atoms with van der Waals surface area (Å²) >= 11 is 0. The topological polar surface area (TPSA) is 77.8 Å². The molecule has 0 aromatic heterocycles. The predicted octanol–water partition coefficient (Wildman–Crippen LogP) is 2.31. The number of carbonyl (C=O) groups is 2. The quantitative estimate of drug-likeness (QED) is 0.505. The molecule has 0 saturated heterocycles. The van der Waals surface area contributed by atoms with E-state index < -0.39 is 58.4 Å². The van der Waals surface area contributed by atoms with E-state index in [0.717, 1.165) is 12.1 Å². The first kappa shape index (κ1) is 14.9. The molecule has 0 bridgehead atoms. The van der Waals surface area contributed by atoms with Crippen LogP contribution >= 0.6 is 0 Å². The minimum absolute atomic E-state index is 0.220. The Labute approximate surface area is 127 Å². The molecule has 2 N–H and O–H groups in total. The van der Waals surface area contributed by atoms with E-state index in [0.29, 0.717) is 17.0 Å². The van der Waals surface area contributed by atoms with Crippen LogP contribution in [0.2, 0.25) is 0 Å². The summed E-state index contributed by atoms with van der Waals surface area (Å²) in [4.78, 5) is 24.8. The molecule has 8 heteroatoms. The number of aromatic hydroxyl groups is 2. The van der Waals surface area contributed by atoms with Crippen molar-refractivity contribution in [1.29, 1.82) is 0 Å². The normalized spacial score (nSPS) is 13.6. The highest BCUT2D eigenvalue weighted by atomic mass is 19.2. The van der Waals surface area contributed by atoms with Crippen molar-refractivity contribution in [3.63, 3.8) is 0 Å². The zero-order valence-electron chi connectivity index (χ0n) is 11.3. The highest BCUT2D eigenvalue weighted by molar-refractivity contribution is 6.22. The number of amides is 2. The molecule has 0 atom stereocenters. The number of hydrogen-bond acceptors (Lipinski definition) is 4. The molecular weight excluding hydrogens is 315 g/mol. The van der Waals surface area contributed by atoms with Crippen molar-refractivity contribution in [2.45, 2.75) is 6.54 Å². The third-order valence-corrected chi connectivity index (χ3v) is 3.55. The fourth-order valence-electron chi connectivity index (χ4n) is 2.36. The van der Waals surface area contributed by atoms with Crippen LogP contribution in [0.15, 0.2) is 24.3 Å². The predicted molar refractivity (Wildman–Crippen MR) is 70.3 cm³/mol. The lowest BCUT2D eigenvalue weighted by Gasteiger charge is -2.15. The first-order valence-corrected chi connectivity index (χ1v) is 6.36. The molecule has 0 aliphatic carbocycles. The van der Waals surface area contributed by atoms with Crippen molar-refractivity contribution in [2.75, 3.05) is 0 Å². The molecule has 0 fully saturated rings. The maximum Gasteiger partial charge on any atom is 0.265 e. The molecule has 0 radical (unpaired) electrons. The average molecular weight is 323 g/mol. The summed E-state index contributed by atoms with van der Waals surface area (Å²) < 4.78 is 40.6. The van der Waals surface area contributed by atoms with Gasteiger partial charge in [0.15, 0.2) is 23.1 Å². The van der Waals surface area contributed by atoms with E-state index >= 15 is 0 Å². The fraction of sp³-hybridized carbons (Fsp3) is 0.0667. The molecule has 2 aromatic rings. The van der Waals surface area contributed by atoms with Crippen LogP contribution in [0.1, 0.15) is 26.3 Å². The van der Waals surface area contributed by atoms with Crippen LogP contribution in [0.3, 0.4) is 0 Å². The zero-order chi connectivity index (χ0) is 16.9.